The Hall–Kier alpha value is -3.42. The van der Waals surface area contributed by atoms with Crippen LogP contribution in [0.4, 0.5) is 0 Å². The highest BCUT2D eigenvalue weighted by molar-refractivity contribution is 6.01. The molecule has 29 heavy (non-hydrogen) atoms. The third-order valence-electron chi connectivity index (χ3n) is 5.07. The number of likely N-dealkylation sites (N-methyl/N-ethyl adjacent to an activating group) is 1. The molecule has 0 radical (unpaired) electrons. The van der Waals surface area contributed by atoms with Crippen molar-refractivity contribution in [1.29, 1.82) is 0 Å². The minimum Gasteiger partial charge on any atom is -0.504 e. The molecule has 2 aromatic rings. The molecule has 2 unspecified atom stereocenters. The van der Waals surface area contributed by atoms with Gasteiger partial charge in [-0.05, 0) is 42.3 Å². The summed E-state index contributed by atoms with van der Waals surface area (Å²) in [5.41, 5.74) is 1.13. The van der Waals surface area contributed by atoms with E-state index in [2.05, 4.69) is 0 Å². The molecule has 1 aliphatic heterocycles. The van der Waals surface area contributed by atoms with Gasteiger partial charge < -0.3 is 29.3 Å². The number of carbonyl (C=O) groups is 2. The van der Waals surface area contributed by atoms with Crippen LogP contribution in [-0.4, -0.2) is 54.9 Å². The van der Waals surface area contributed by atoms with Crippen LogP contribution in [0, 0.1) is 0 Å². The fraction of sp³-hybridized carbons (Fsp3) is 0.333. The van der Waals surface area contributed by atoms with Crippen LogP contribution in [0.3, 0.4) is 0 Å². The fourth-order valence-corrected chi connectivity index (χ4v) is 3.72. The maximum atomic E-state index is 13.1. The van der Waals surface area contributed by atoms with Gasteiger partial charge in [0.25, 0.3) is 5.91 Å². The lowest BCUT2D eigenvalue weighted by atomic mass is 9.79. The van der Waals surface area contributed by atoms with Crippen LogP contribution >= 0.6 is 0 Å². The van der Waals surface area contributed by atoms with E-state index in [4.69, 9.17) is 14.2 Å². The molecule has 154 valence electrons. The zero-order valence-corrected chi connectivity index (χ0v) is 16.6. The summed E-state index contributed by atoms with van der Waals surface area (Å²) in [4.78, 5) is 26.7. The third kappa shape index (κ3) is 3.41. The first kappa shape index (κ1) is 20.3. The van der Waals surface area contributed by atoms with E-state index in [1.807, 2.05) is 0 Å². The maximum absolute atomic E-state index is 13.1. The molecule has 2 aromatic carbocycles. The number of benzene rings is 2. The predicted octanol–water partition coefficient (Wildman–Crippen LogP) is 2.80. The second kappa shape index (κ2) is 7.90. The lowest BCUT2D eigenvalue weighted by molar-refractivity contribution is -0.140. The summed E-state index contributed by atoms with van der Waals surface area (Å²) in [6, 6.07) is 6.83. The predicted molar refractivity (Wildman–Crippen MR) is 104 cm³/mol. The molecule has 1 amide bonds. The topological polar surface area (TPSA) is 106 Å². The first-order chi connectivity index (χ1) is 13.8. The normalized spacial score (nSPS) is 18.2. The number of aromatic hydroxyl groups is 1. The summed E-state index contributed by atoms with van der Waals surface area (Å²) in [5.74, 6) is -1.62. The molecule has 0 spiro atoms. The van der Waals surface area contributed by atoms with Gasteiger partial charge in [-0.15, -0.1) is 0 Å². The first-order valence-electron chi connectivity index (χ1n) is 9.05. The van der Waals surface area contributed by atoms with Crippen LogP contribution in [0.15, 0.2) is 30.3 Å². The number of aliphatic carboxylic acids is 1. The Morgan fingerprint density at radius 2 is 1.76 bits per heavy atom. The van der Waals surface area contributed by atoms with Crippen molar-refractivity contribution in [3.05, 3.63) is 47.0 Å². The number of phenolic OH excluding ortho intramolecular Hbond substituents is 1. The number of ether oxygens (including phenoxy) is 3. The van der Waals surface area contributed by atoms with E-state index in [-0.39, 0.29) is 23.0 Å². The van der Waals surface area contributed by atoms with Gasteiger partial charge in [-0.1, -0.05) is 6.07 Å². The van der Waals surface area contributed by atoms with Crippen LogP contribution in [0.1, 0.15) is 40.4 Å². The number of phenols is 1. The highest BCUT2D eigenvalue weighted by atomic mass is 16.5. The van der Waals surface area contributed by atoms with Gasteiger partial charge in [0.1, 0.15) is 5.92 Å². The van der Waals surface area contributed by atoms with Gasteiger partial charge in [-0.3, -0.25) is 9.59 Å². The van der Waals surface area contributed by atoms with Gasteiger partial charge in [0.05, 0.1) is 26.9 Å². The Morgan fingerprint density at radius 1 is 1.10 bits per heavy atom. The number of methoxy groups -OCH3 is 2. The van der Waals surface area contributed by atoms with Crippen molar-refractivity contribution in [2.45, 2.75) is 18.9 Å². The van der Waals surface area contributed by atoms with Gasteiger partial charge in [0, 0.05) is 12.6 Å². The van der Waals surface area contributed by atoms with E-state index in [9.17, 15) is 19.8 Å². The van der Waals surface area contributed by atoms with Crippen LogP contribution < -0.4 is 14.2 Å². The molecule has 8 heteroatoms. The van der Waals surface area contributed by atoms with Crippen molar-refractivity contribution < 1.29 is 34.0 Å². The van der Waals surface area contributed by atoms with Crippen LogP contribution in [0.5, 0.6) is 23.0 Å². The van der Waals surface area contributed by atoms with E-state index in [0.717, 1.165) is 0 Å². The molecule has 1 heterocycles. The molecule has 2 atom stereocenters. The number of hydrogen-bond donors (Lipinski definition) is 2. The van der Waals surface area contributed by atoms with Crippen LogP contribution in [-0.2, 0) is 4.79 Å². The average Bonchev–Trinajstić information content (AvgIpc) is 2.71. The summed E-state index contributed by atoms with van der Waals surface area (Å²) in [5, 5.41) is 20.0. The lowest BCUT2D eigenvalue weighted by Crippen LogP contribution is -2.42. The molecule has 0 saturated heterocycles. The summed E-state index contributed by atoms with van der Waals surface area (Å²) in [6.45, 7) is 2.11. The first-order valence-corrected chi connectivity index (χ1v) is 9.05. The van der Waals surface area contributed by atoms with Crippen molar-refractivity contribution >= 4 is 11.9 Å². The van der Waals surface area contributed by atoms with Crippen molar-refractivity contribution in [2.75, 3.05) is 27.9 Å². The summed E-state index contributed by atoms with van der Waals surface area (Å²) >= 11 is 0. The van der Waals surface area contributed by atoms with E-state index < -0.39 is 17.9 Å². The Kier molecular flexibility index (Phi) is 5.54. The number of carboxylic acid groups (broad SMARTS) is 1. The summed E-state index contributed by atoms with van der Waals surface area (Å²) in [6.07, 6.45) is 0. The number of rotatable bonds is 6. The Bertz CT molecular complexity index is 956. The average molecular weight is 401 g/mol. The molecule has 0 bridgehead atoms. The molecule has 0 aromatic heterocycles. The Morgan fingerprint density at radius 3 is 2.34 bits per heavy atom. The molecule has 2 N–H and O–H groups in total. The number of nitrogens with zero attached hydrogens (tertiary/aromatic N) is 1. The van der Waals surface area contributed by atoms with Crippen molar-refractivity contribution in [3.63, 3.8) is 0 Å². The summed E-state index contributed by atoms with van der Waals surface area (Å²) in [7, 11) is 4.45. The summed E-state index contributed by atoms with van der Waals surface area (Å²) < 4.78 is 16.0. The molecule has 0 saturated carbocycles. The lowest BCUT2D eigenvalue weighted by Gasteiger charge is -2.39. The van der Waals surface area contributed by atoms with Crippen molar-refractivity contribution in [2.24, 2.45) is 0 Å². The van der Waals surface area contributed by atoms with Crippen LogP contribution in [0.25, 0.3) is 0 Å². The van der Waals surface area contributed by atoms with E-state index in [0.29, 0.717) is 29.2 Å². The van der Waals surface area contributed by atoms with Crippen LogP contribution in [0.2, 0.25) is 0 Å². The molecule has 1 aliphatic rings. The largest absolute Gasteiger partial charge is 0.504 e. The number of carboxylic acids is 1. The van der Waals surface area contributed by atoms with E-state index in [1.165, 1.54) is 37.3 Å². The number of fused-ring (bicyclic) bond motifs is 1. The minimum absolute atomic E-state index is 0.0564. The van der Waals surface area contributed by atoms with Gasteiger partial charge in [-0.2, -0.15) is 0 Å². The number of hydrogen-bond acceptors (Lipinski definition) is 6. The number of amides is 1. The quantitative estimate of drug-likeness (QED) is 0.767. The number of carbonyl (C=O) groups excluding carboxylic acids is 1. The van der Waals surface area contributed by atoms with Gasteiger partial charge >= 0.3 is 5.97 Å². The van der Waals surface area contributed by atoms with Gasteiger partial charge in [0.15, 0.2) is 23.0 Å². The zero-order chi connectivity index (χ0) is 21.3. The Labute approximate surface area is 168 Å². The standard InChI is InChI=1S/C21H23NO7/c1-5-29-15-8-11(6-7-14(15)23)19-18(21(25)26)12-9-16(27-3)17(28-4)10-13(12)20(24)22(19)2/h6-10,18-19,23H,5H2,1-4H3,(H,25,26). The Balaban J connectivity index is 2.21. The van der Waals surface area contributed by atoms with Gasteiger partial charge in [-0.25, -0.2) is 0 Å². The minimum atomic E-state index is -1.09. The monoisotopic (exact) mass is 401 g/mol. The highest BCUT2D eigenvalue weighted by Gasteiger charge is 2.44. The second-order valence-electron chi connectivity index (χ2n) is 6.63. The second-order valence-corrected chi connectivity index (χ2v) is 6.63. The molecular formula is C21H23NO7. The van der Waals surface area contributed by atoms with E-state index in [1.54, 1.807) is 26.1 Å². The molecule has 3 rings (SSSR count). The smallest absolute Gasteiger partial charge is 0.313 e. The zero-order valence-electron chi connectivity index (χ0n) is 16.6. The van der Waals surface area contributed by atoms with Gasteiger partial charge in [0.2, 0.25) is 0 Å². The third-order valence-corrected chi connectivity index (χ3v) is 5.07. The maximum Gasteiger partial charge on any atom is 0.313 e. The fourth-order valence-electron chi connectivity index (χ4n) is 3.72. The molecule has 0 fully saturated rings. The van der Waals surface area contributed by atoms with Crippen molar-refractivity contribution in [3.8, 4) is 23.0 Å². The molecule has 0 aliphatic carbocycles. The highest BCUT2D eigenvalue weighted by Crippen LogP contribution is 2.46. The van der Waals surface area contributed by atoms with E-state index >= 15 is 0 Å². The molecule has 8 nitrogen and oxygen atoms in total. The molecular weight excluding hydrogens is 378 g/mol. The SMILES string of the molecule is CCOc1cc(C2C(C(=O)O)c3cc(OC)c(OC)cc3C(=O)N2C)ccc1O. The van der Waals surface area contributed by atoms with Crippen molar-refractivity contribution in [1.82, 2.24) is 4.90 Å².